The second kappa shape index (κ2) is 8.52. The number of carbonyl (C=O) groups is 1. The highest BCUT2D eigenvalue weighted by Crippen LogP contribution is 2.42. The molecule has 0 radical (unpaired) electrons. The van der Waals surface area contributed by atoms with Crippen LogP contribution in [0, 0.1) is 5.95 Å². The number of aliphatic hydroxyl groups is 1. The summed E-state index contributed by atoms with van der Waals surface area (Å²) >= 11 is 0. The van der Waals surface area contributed by atoms with Gasteiger partial charge in [-0.05, 0) is 54.2 Å². The van der Waals surface area contributed by atoms with Crippen molar-refractivity contribution in [1.82, 2.24) is 15.2 Å². The van der Waals surface area contributed by atoms with Crippen LogP contribution in [0.5, 0.6) is 0 Å². The molecule has 0 spiro atoms. The van der Waals surface area contributed by atoms with E-state index in [2.05, 4.69) is 38.7 Å². The molecule has 1 unspecified atom stereocenters. The lowest BCUT2D eigenvalue weighted by atomic mass is 9.94. The van der Waals surface area contributed by atoms with Crippen LogP contribution in [-0.4, -0.2) is 60.4 Å². The smallest absolute Gasteiger partial charge is 0.269 e. The zero-order valence-corrected chi connectivity index (χ0v) is 18.2. The van der Waals surface area contributed by atoms with Gasteiger partial charge in [0.05, 0.1) is 5.69 Å². The van der Waals surface area contributed by atoms with Crippen molar-refractivity contribution in [2.75, 3.05) is 43.4 Å². The van der Waals surface area contributed by atoms with Crippen molar-refractivity contribution in [3.63, 3.8) is 0 Å². The summed E-state index contributed by atoms with van der Waals surface area (Å²) in [6.45, 7) is 3.80. The van der Waals surface area contributed by atoms with Crippen LogP contribution in [0.4, 0.5) is 15.8 Å². The summed E-state index contributed by atoms with van der Waals surface area (Å²) in [7, 11) is 1.50. The second-order valence-electron chi connectivity index (χ2n) is 8.63. The molecule has 3 heterocycles. The number of allylic oxidation sites excluding steroid dienone is 1. The molecule has 3 aliphatic rings. The number of nitrogens with zero attached hydrogens (tertiary/aromatic N) is 3. The molecule has 0 bridgehead atoms. The first-order valence-corrected chi connectivity index (χ1v) is 11.2. The Morgan fingerprint density at radius 1 is 1.22 bits per heavy atom. The third-order valence-corrected chi connectivity index (χ3v) is 6.70. The van der Waals surface area contributed by atoms with E-state index in [1.54, 1.807) is 12.1 Å². The molecular weight excluding hydrogens is 409 g/mol. The van der Waals surface area contributed by atoms with E-state index in [-0.39, 0.29) is 5.69 Å². The van der Waals surface area contributed by atoms with Gasteiger partial charge in [0, 0.05) is 51.0 Å². The van der Waals surface area contributed by atoms with E-state index < -0.39 is 18.1 Å². The molecule has 7 nitrogen and oxygen atoms in total. The van der Waals surface area contributed by atoms with Gasteiger partial charge in [-0.1, -0.05) is 12.1 Å². The van der Waals surface area contributed by atoms with Crippen LogP contribution in [0.15, 0.2) is 35.9 Å². The Labute approximate surface area is 186 Å². The number of benzene rings is 1. The van der Waals surface area contributed by atoms with E-state index in [9.17, 15) is 14.3 Å². The molecule has 1 fully saturated rings. The molecule has 32 heavy (non-hydrogen) atoms. The number of carbonyl (C=O) groups excluding carboxylic acids is 1. The number of fused-ring (bicyclic) bond motifs is 2. The maximum atomic E-state index is 14.5. The summed E-state index contributed by atoms with van der Waals surface area (Å²) in [6, 6.07) is 9.69. The molecule has 8 heteroatoms. The van der Waals surface area contributed by atoms with Gasteiger partial charge >= 0.3 is 0 Å². The van der Waals surface area contributed by atoms with Crippen LogP contribution < -0.4 is 15.5 Å². The van der Waals surface area contributed by atoms with Crippen LogP contribution in [0.2, 0.25) is 0 Å². The van der Waals surface area contributed by atoms with E-state index in [1.807, 2.05) is 4.90 Å². The Kier molecular flexibility index (Phi) is 5.57. The molecular formula is C24H28FN5O2. The fraction of sp³-hybridized carbons (Fsp3) is 0.417. The van der Waals surface area contributed by atoms with Crippen molar-refractivity contribution in [3.05, 3.63) is 58.7 Å². The highest BCUT2D eigenvalue weighted by atomic mass is 19.1. The number of amides is 1. The van der Waals surface area contributed by atoms with Crippen LogP contribution in [0.25, 0.3) is 5.57 Å². The molecule has 3 N–H and O–H groups in total. The quantitative estimate of drug-likeness (QED) is 0.638. The zero-order valence-electron chi connectivity index (χ0n) is 18.2. The molecule has 168 valence electrons. The van der Waals surface area contributed by atoms with E-state index >= 15 is 0 Å². The molecule has 1 amide bonds. The SMILES string of the molecule is CNC(=O)c1ccc(N2CCN(Cc3ccc4c(c3)NC(O)C3=C4CCC3)CC2)c(F)n1. The highest BCUT2D eigenvalue weighted by molar-refractivity contribution is 5.92. The Hall–Kier alpha value is -2.97. The van der Waals surface area contributed by atoms with Gasteiger partial charge in [-0.2, -0.15) is 4.39 Å². The Bertz CT molecular complexity index is 1080. The van der Waals surface area contributed by atoms with Crippen LogP contribution >= 0.6 is 0 Å². The van der Waals surface area contributed by atoms with Crippen molar-refractivity contribution in [2.24, 2.45) is 0 Å². The summed E-state index contributed by atoms with van der Waals surface area (Å²) in [5.41, 5.74) is 6.40. The van der Waals surface area contributed by atoms with E-state index in [4.69, 9.17) is 0 Å². The first-order valence-electron chi connectivity index (χ1n) is 11.2. The number of hydrogen-bond donors (Lipinski definition) is 3. The number of aliphatic hydroxyl groups excluding tert-OH is 1. The van der Waals surface area contributed by atoms with Crippen LogP contribution in [0.1, 0.15) is 40.9 Å². The normalized spacial score (nSPS) is 20.6. The number of halogens is 1. The third-order valence-electron chi connectivity index (χ3n) is 6.70. The number of aromatic nitrogens is 1. The van der Waals surface area contributed by atoms with Gasteiger partial charge in [0.25, 0.3) is 5.91 Å². The molecule has 5 rings (SSSR count). The molecule has 1 aromatic heterocycles. The zero-order chi connectivity index (χ0) is 22.2. The number of piperazine rings is 1. The van der Waals surface area contributed by atoms with Gasteiger partial charge < -0.3 is 20.6 Å². The molecule has 1 saturated heterocycles. The standard InChI is InChI=1S/C24H28FN5O2/c1-26-24(32)19-7-8-21(22(25)27-19)30-11-9-29(10-12-30)14-15-5-6-17-16-3-2-4-18(16)23(31)28-20(17)13-15/h5-8,13,23,28,31H,2-4,9-12,14H2,1H3,(H,26,32). The second-order valence-corrected chi connectivity index (χ2v) is 8.63. The Balaban J connectivity index is 1.23. The van der Waals surface area contributed by atoms with Crippen molar-refractivity contribution < 1.29 is 14.3 Å². The Morgan fingerprint density at radius 2 is 2.03 bits per heavy atom. The van der Waals surface area contributed by atoms with E-state index in [1.165, 1.54) is 23.7 Å². The van der Waals surface area contributed by atoms with Gasteiger partial charge in [0.15, 0.2) is 0 Å². The van der Waals surface area contributed by atoms with E-state index in [0.717, 1.165) is 50.2 Å². The minimum Gasteiger partial charge on any atom is -0.370 e. The largest absolute Gasteiger partial charge is 0.370 e. The predicted molar refractivity (Wildman–Crippen MR) is 122 cm³/mol. The van der Waals surface area contributed by atoms with Crippen molar-refractivity contribution >= 4 is 22.9 Å². The Morgan fingerprint density at radius 3 is 2.78 bits per heavy atom. The average Bonchev–Trinajstić information content (AvgIpc) is 3.30. The lowest BCUT2D eigenvalue weighted by Crippen LogP contribution is -2.46. The summed E-state index contributed by atoms with van der Waals surface area (Å²) in [6.07, 6.45) is 2.55. The van der Waals surface area contributed by atoms with Crippen molar-refractivity contribution in [2.45, 2.75) is 32.0 Å². The monoisotopic (exact) mass is 437 g/mol. The third kappa shape index (κ3) is 3.84. The number of anilines is 2. The van der Waals surface area contributed by atoms with E-state index in [0.29, 0.717) is 18.8 Å². The molecule has 2 aromatic rings. The summed E-state index contributed by atoms with van der Waals surface area (Å²) in [5.74, 6) is -1.01. The molecule has 1 aliphatic carbocycles. The number of pyridine rings is 1. The molecule has 0 saturated carbocycles. The maximum absolute atomic E-state index is 14.5. The minimum atomic E-state index is -0.612. The maximum Gasteiger partial charge on any atom is 0.269 e. The number of hydrogen-bond acceptors (Lipinski definition) is 6. The van der Waals surface area contributed by atoms with Crippen LogP contribution in [-0.2, 0) is 6.54 Å². The first kappa shape index (κ1) is 20.9. The summed E-state index contributed by atoms with van der Waals surface area (Å²) < 4.78 is 14.5. The molecule has 1 aromatic carbocycles. The van der Waals surface area contributed by atoms with Gasteiger partial charge in [-0.15, -0.1) is 0 Å². The van der Waals surface area contributed by atoms with Gasteiger partial charge in [-0.3, -0.25) is 9.69 Å². The lowest BCUT2D eigenvalue weighted by Gasteiger charge is -2.36. The van der Waals surface area contributed by atoms with Crippen molar-refractivity contribution in [3.8, 4) is 0 Å². The fourth-order valence-corrected chi connectivity index (χ4v) is 5.01. The number of rotatable bonds is 4. The van der Waals surface area contributed by atoms with Gasteiger partial charge in [-0.25, -0.2) is 4.98 Å². The topological polar surface area (TPSA) is 80.7 Å². The number of nitrogens with one attached hydrogen (secondary N) is 2. The minimum absolute atomic E-state index is 0.0824. The fourth-order valence-electron chi connectivity index (χ4n) is 5.01. The van der Waals surface area contributed by atoms with Crippen molar-refractivity contribution in [1.29, 1.82) is 0 Å². The highest BCUT2D eigenvalue weighted by Gasteiger charge is 2.29. The first-order chi connectivity index (χ1) is 15.5. The summed E-state index contributed by atoms with van der Waals surface area (Å²) in [5, 5.41) is 16.1. The van der Waals surface area contributed by atoms with Crippen LogP contribution in [0.3, 0.4) is 0 Å². The van der Waals surface area contributed by atoms with Gasteiger partial charge in [0.1, 0.15) is 11.9 Å². The summed E-state index contributed by atoms with van der Waals surface area (Å²) in [4.78, 5) is 19.8. The molecule has 2 aliphatic heterocycles. The predicted octanol–water partition coefficient (Wildman–Crippen LogP) is 2.58. The lowest BCUT2D eigenvalue weighted by molar-refractivity contribution is 0.0957. The molecule has 1 atom stereocenters. The average molecular weight is 438 g/mol. The van der Waals surface area contributed by atoms with Gasteiger partial charge in [0.2, 0.25) is 5.95 Å².